The van der Waals surface area contributed by atoms with Gasteiger partial charge in [-0.25, -0.2) is 4.98 Å². The van der Waals surface area contributed by atoms with Crippen LogP contribution in [0, 0.1) is 0 Å². The first kappa shape index (κ1) is 10.9. The molecule has 84 valence electrons. The molecule has 0 fully saturated rings. The quantitative estimate of drug-likeness (QED) is 0.884. The third kappa shape index (κ3) is 2.14. The standard InChI is InChI=1S/C11H13N3OS/c1-8(10-12-5-6-14(10)2)13-11(15)9-4-3-7-16-9/h3-8H,1-2H3,(H,13,15). The maximum atomic E-state index is 11.8. The van der Waals surface area contributed by atoms with Gasteiger partial charge in [-0.2, -0.15) is 0 Å². The highest BCUT2D eigenvalue weighted by molar-refractivity contribution is 7.12. The molecule has 0 saturated carbocycles. The molecule has 0 aromatic carbocycles. The third-order valence-electron chi connectivity index (χ3n) is 2.34. The Morgan fingerprint density at radius 2 is 2.44 bits per heavy atom. The fourth-order valence-electron chi connectivity index (χ4n) is 1.53. The lowest BCUT2D eigenvalue weighted by atomic mass is 10.3. The van der Waals surface area contributed by atoms with Crippen LogP contribution in [0.5, 0.6) is 0 Å². The van der Waals surface area contributed by atoms with E-state index in [0.29, 0.717) is 0 Å². The van der Waals surface area contributed by atoms with Crippen molar-refractivity contribution in [2.24, 2.45) is 7.05 Å². The van der Waals surface area contributed by atoms with E-state index >= 15 is 0 Å². The molecule has 2 aromatic rings. The summed E-state index contributed by atoms with van der Waals surface area (Å²) >= 11 is 1.44. The average Bonchev–Trinajstić information content (AvgIpc) is 2.86. The number of amides is 1. The second-order valence-corrected chi connectivity index (χ2v) is 4.52. The summed E-state index contributed by atoms with van der Waals surface area (Å²) in [6, 6.07) is 3.59. The first-order chi connectivity index (χ1) is 7.68. The lowest BCUT2D eigenvalue weighted by Crippen LogP contribution is -2.27. The van der Waals surface area contributed by atoms with Crippen molar-refractivity contribution in [2.75, 3.05) is 0 Å². The third-order valence-corrected chi connectivity index (χ3v) is 3.21. The number of carbonyl (C=O) groups is 1. The Labute approximate surface area is 97.9 Å². The van der Waals surface area contributed by atoms with Crippen LogP contribution in [0.15, 0.2) is 29.9 Å². The predicted octanol–water partition coefficient (Wildman–Crippen LogP) is 1.97. The van der Waals surface area contributed by atoms with E-state index in [4.69, 9.17) is 0 Å². The number of hydrogen-bond acceptors (Lipinski definition) is 3. The van der Waals surface area contributed by atoms with Gasteiger partial charge in [-0.1, -0.05) is 6.07 Å². The Balaban J connectivity index is 2.06. The van der Waals surface area contributed by atoms with Gasteiger partial charge in [0.2, 0.25) is 0 Å². The number of carbonyl (C=O) groups excluding carboxylic acids is 1. The van der Waals surface area contributed by atoms with Gasteiger partial charge in [0.05, 0.1) is 10.9 Å². The Hall–Kier alpha value is -1.62. The molecule has 2 aromatic heterocycles. The summed E-state index contributed by atoms with van der Waals surface area (Å²) in [7, 11) is 1.91. The van der Waals surface area contributed by atoms with Crippen molar-refractivity contribution in [3.05, 3.63) is 40.6 Å². The van der Waals surface area contributed by atoms with Crippen molar-refractivity contribution in [2.45, 2.75) is 13.0 Å². The van der Waals surface area contributed by atoms with Crippen molar-refractivity contribution in [3.63, 3.8) is 0 Å². The summed E-state index contributed by atoms with van der Waals surface area (Å²) < 4.78 is 1.90. The Morgan fingerprint density at radius 1 is 1.62 bits per heavy atom. The molecule has 5 heteroatoms. The summed E-state index contributed by atoms with van der Waals surface area (Å²) in [5.74, 6) is 0.801. The minimum absolute atomic E-state index is 0.0505. The zero-order valence-corrected chi connectivity index (χ0v) is 9.99. The Morgan fingerprint density at radius 3 is 3.00 bits per heavy atom. The second-order valence-electron chi connectivity index (χ2n) is 3.57. The molecule has 1 unspecified atom stereocenters. The minimum atomic E-state index is -0.0883. The molecule has 4 nitrogen and oxygen atoms in total. The van der Waals surface area contributed by atoms with E-state index in [2.05, 4.69) is 10.3 Å². The summed E-state index contributed by atoms with van der Waals surface area (Å²) in [4.78, 5) is 16.7. The first-order valence-electron chi connectivity index (χ1n) is 5.00. The molecule has 0 aliphatic carbocycles. The topological polar surface area (TPSA) is 46.9 Å². The molecule has 1 atom stereocenters. The van der Waals surface area contributed by atoms with Gasteiger partial charge in [0.25, 0.3) is 5.91 Å². The van der Waals surface area contributed by atoms with Crippen LogP contribution in [0.2, 0.25) is 0 Å². The second kappa shape index (κ2) is 4.49. The molecule has 1 N–H and O–H groups in total. The number of rotatable bonds is 3. The maximum absolute atomic E-state index is 11.8. The van der Waals surface area contributed by atoms with Gasteiger partial charge >= 0.3 is 0 Å². The van der Waals surface area contributed by atoms with Crippen molar-refractivity contribution in [1.82, 2.24) is 14.9 Å². The van der Waals surface area contributed by atoms with Crippen LogP contribution in [0.25, 0.3) is 0 Å². The lowest BCUT2D eigenvalue weighted by Gasteiger charge is -2.12. The average molecular weight is 235 g/mol. The maximum Gasteiger partial charge on any atom is 0.261 e. The number of aryl methyl sites for hydroxylation is 1. The van der Waals surface area contributed by atoms with E-state index in [0.717, 1.165) is 10.7 Å². The monoisotopic (exact) mass is 235 g/mol. The number of aromatic nitrogens is 2. The zero-order valence-electron chi connectivity index (χ0n) is 9.18. The SMILES string of the molecule is CC(NC(=O)c1cccs1)c1nccn1C. The number of hydrogen-bond donors (Lipinski definition) is 1. The van der Waals surface area contributed by atoms with E-state index in [9.17, 15) is 4.79 Å². The Kier molecular flexibility index (Phi) is 3.05. The zero-order chi connectivity index (χ0) is 11.5. The molecule has 2 rings (SSSR count). The van der Waals surface area contributed by atoms with E-state index in [1.807, 2.05) is 42.2 Å². The summed E-state index contributed by atoms with van der Waals surface area (Å²) in [6.45, 7) is 1.92. The van der Waals surface area contributed by atoms with E-state index in [1.165, 1.54) is 11.3 Å². The molecule has 0 aliphatic heterocycles. The number of nitrogens with zero attached hydrogens (tertiary/aromatic N) is 2. The summed E-state index contributed by atoms with van der Waals surface area (Å²) in [5, 5.41) is 4.80. The normalized spacial score (nSPS) is 12.4. The molecule has 0 saturated heterocycles. The smallest absolute Gasteiger partial charge is 0.261 e. The predicted molar refractivity (Wildman–Crippen MR) is 63.4 cm³/mol. The minimum Gasteiger partial charge on any atom is -0.342 e. The molecule has 2 heterocycles. The van der Waals surface area contributed by atoms with Gasteiger partial charge in [-0.15, -0.1) is 11.3 Å². The van der Waals surface area contributed by atoms with Crippen molar-refractivity contribution in [1.29, 1.82) is 0 Å². The molecule has 0 bridgehead atoms. The van der Waals surface area contributed by atoms with Crippen LogP contribution in [-0.4, -0.2) is 15.5 Å². The highest BCUT2D eigenvalue weighted by Gasteiger charge is 2.14. The molecule has 0 spiro atoms. The van der Waals surface area contributed by atoms with Gasteiger partial charge in [-0.3, -0.25) is 4.79 Å². The fourth-order valence-corrected chi connectivity index (χ4v) is 2.16. The van der Waals surface area contributed by atoms with Crippen LogP contribution in [0.1, 0.15) is 28.5 Å². The molecule has 0 radical (unpaired) electrons. The molecular weight excluding hydrogens is 222 g/mol. The first-order valence-corrected chi connectivity index (χ1v) is 5.88. The van der Waals surface area contributed by atoms with Crippen LogP contribution in [0.3, 0.4) is 0 Å². The van der Waals surface area contributed by atoms with E-state index in [-0.39, 0.29) is 11.9 Å². The lowest BCUT2D eigenvalue weighted by molar-refractivity contribution is 0.0942. The van der Waals surface area contributed by atoms with Crippen LogP contribution in [0.4, 0.5) is 0 Å². The van der Waals surface area contributed by atoms with Gasteiger partial charge in [0, 0.05) is 19.4 Å². The van der Waals surface area contributed by atoms with Gasteiger partial charge in [-0.05, 0) is 18.4 Å². The van der Waals surface area contributed by atoms with Gasteiger partial charge < -0.3 is 9.88 Å². The summed E-state index contributed by atoms with van der Waals surface area (Å²) in [5.41, 5.74) is 0. The van der Waals surface area contributed by atoms with Gasteiger partial charge in [0.1, 0.15) is 5.82 Å². The van der Waals surface area contributed by atoms with E-state index in [1.54, 1.807) is 6.20 Å². The van der Waals surface area contributed by atoms with Crippen molar-refractivity contribution in [3.8, 4) is 0 Å². The van der Waals surface area contributed by atoms with Crippen molar-refractivity contribution < 1.29 is 4.79 Å². The fraction of sp³-hybridized carbons (Fsp3) is 0.273. The van der Waals surface area contributed by atoms with Crippen molar-refractivity contribution >= 4 is 17.2 Å². The summed E-state index contributed by atoms with van der Waals surface area (Å²) in [6.07, 6.45) is 3.59. The largest absolute Gasteiger partial charge is 0.342 e. The van der Waals surface area contributed by atoms with Gasteiger partial charge in [0.15, 0.2) is 0 Å². The van der Waals surface area contributed by atoms with Crippen LogP contribution >= 0.6 is 11.3 Å². The van der Waals surface area contributed by atoms with E-state index < -0.39 is 0 Å². The van der Waals surface area contributed by atoms with Crippen LogP contribution in [-0.2, 0) is 7.05 Å². The number of nitrogens with one attached hydrogen (secondary N) is 1. The highest BCUT2D eigenvalue weighted by Crippen LogP contribution is 2.12. The molecular formula is C11H13N3OS. The molecule has 0 aliphatic rings. The molecule has 16 heavy (non-hydrogen) atoms. The number of imidazole rings is 1. The highest BCUT2D eigenvalue weighted by atomic mass is 32.1. The number of thiophene rings is 1. The molecule has 1 amide bonds. The van der Waals surface area contributed by atoms with Crippen LogP contribution < -0.4 is 5.32 Å². The Bertz CT molecular complexity index is 475.